The lowest BCUT2D eigenvalue weighted by atomic mass is 9.65. The molecule has 1 atom stereocenters. The molecular formula is C27H36F2O2. The van der Waals surface area contributed by atoms with Gasteiger partial charge in [0, 0.05) is 0 Å². The molecule has 3 saturated carbocycles. The predicted molar refractivity (Wildman–Crippen MR) is 118 cm³/mol. The molecule has 1 aromatic rings. The molecule has 0 N–H and O–H groups in total. The Labute approximate surface area is 185 Å². The van der Waals surface area contributed by atoms with E-state index in [1.54, 1.807) is 0 Å². The Morgan fingerprint density at radius 3 is 1.87 bits per heavy atom. The highest BCUT2D eigenvalue weighted by Gasteiger charge is 2.34. The molecule has 0 amide bonds. The minimum atomic E-state index is -0.939. The van der Waals surface area contributed by atoms with Crippen LogP contribution < -0.4 is 9.47 Å². The summed E-state index contributed by atoms with van der Waals surface area (Å²) in [4.78, 5) is 0. The SMILES string of the molecule is Fc1c(OCC2=CCC(C3CCC(C4CCC4)CC3)CC2)ccc(OCC2CC2)c1F. The summed E-state index contributed by atoms with van der Waals surface area (Å²) in [6.07, 6.45) is 18.0. The highest BCUT2D eigenvalue weighted by Crippen LogP contribution is 2.46. The molecule has 1 unspecified atom stereocenters. The van der Waals surface area contributed by atoms with Crippen LogP contribution in [0.4, 0.5) is 8.78 Å². The molecule has 0 aromatic heterocycles. The highest BCUT2D eigenvalue weighted by molar-refractivity contribution is 5.35. The molecule has 0 radical (unpaired) electrons. The number of benzene rings is 1. The zero-order valence-electron chi connectivity index (χ0n) is 18.6. The maximum atomic E-state index is 14.4. The van der Waals surface area contributed by atoms with Crippen LogP contribution in [-0.4, -0.2) is 13.2 Å². The van der Waals surface area contributed by atoms with Crippen molar-refractivity contribution in [2.24, 2.45) is 29.6 Å². The number of hydrogen-bond acceptors (Lipinski definition) is 2. The molecule has 0 aliphatic heterocycles. The van der Waals surface area contributed by atoms with Gasteiger partial charge in [-0.1, -0.05) is 25.3 Å². The van der Waals surface area contributed by atoms with Gasteiger partial charge in [0.1, 0.15) is 6.61 Å². The van der Waals surface area contributed by atoms with Gasteiger partial charge >= 0.3 is 0 Å². The van der Waals surface area contributed by atoms with Crippen molar-refractivity contribution in [1.29, 1.82) is 0 Å². The normalized spacial score (nSPS) is 29.2. The third-order valence-electron chi connectivity index (χ3n) is 8.44. The quantitative estimate of drug-likeness (QED) is 0.398. The number of rotatable bonds is 8. The maximum absolute atomic E-state index is 14.4. The summed E-state index contributed by atoms with van der Waals surface area (Å²) in [6, 6.07) is 2.98. The van der Waals surface area contributed by atoms with E-state index in [0.717, 1.165) is 49.4 Å². The number of halogens is 2. The molecule has 1 aromatic carbocycles. The lowest BCUT2D eigenvalue weighted by Crippen LogP contribution is -2.29. The first-order valence-corrected chi connectivity index (χ1v) is 12.6. The van der Waals surface area contributed by atoms with Crippen LogP contribution in [-0.2, 0) is 0 Å². The van der Waals surface area contributed by atoms with Gasteiger partial charge in [-0.3, -0.25) is 0 Å². The molecule has 0 spiro atoms. The summed E-state index contributed by atoms with van der Waals surface area (Å²) in [5.41, 5.74) is 1.22. The Hall–Kier alpha value is -1.58. The smallest absolute Gasteiger partial charge is 0.204 e. The molecule has 4 heteroatoms. The van der Waals surface area contributed by atoms with Gasteiger partial charge in [0.2, 0.25) is 11.6 Å². The molecule has 0 heterocycles. The van der Waals surface area contributed by atoms with Crippen molar-refractivity contribution >= 4 is 0 Å². The van der Waals surface area contributed by atoms with Crippen LogP contribution in [0.1, 0.15) is 77.0 Å². The molecular weight excluding hydrogens is 394 g/mol. The lowest BCUT2D eigenvalue weighted by molar-refractivity contribution is 0.114. The van der Waals surface area contributed by atoms with E-state index in [-0.39, 0.29) is 11.5 Å². The molecule has 3 fully saturated rings. The fourth-order valence-corrected chi connectivity index (χ4v) is 5.87. The van der Waals surface area contributed by atoms with Crippen molar-refractivity contribution in [2.45, 2.75) is 77.0 Å². The molecule has 5 rings (SSSR count). The molecule has 170 valence electrons. The van der Waals surface area contributed by atoms with Crippen molar-refractivity contribution in [3.63, 3.8) is 0 Å². The van der Waals surface area contributed by atoms with E-state index in [1.807, 2.05) is 0 Å². The Balaban J connectivity index is 1.08. The van der Waals surface area contributed by atoms with Crippen molar-refractivity contribution in [2.75, 3.05) is 13.2 Å². The average molecular weight is 431 g/mol. The second-order valence-corrected chi connectivity index (χ2v) is 10.5. The second-order valence-electron chi connectivity index (χ2n) is 10.5. The Bertz CT molecular complexity index is 789. The van der Waals surface area contributed by atoms with Crippen molar-refractivity contribution in [3.05, 3.63) is 35.4 Å². The van der Waals surface area contributed by atoms with Gasteiger partial charge < -0.3 is 9.47 Å². The van der Waals surface area contributed by atoms with Crippen LogP contribution in [0.3, 0.4) is 0 Å². The predicted octanol–water partition coefficient (Wildman–Crippen LogP) is 7.47. The Morgan fingerprint density at radius 1 is 0.710 bits per heavy atom. The van der Waals surface area contributed by atoms with Crippen molar-refractivity contribution in [1.82, 2.24) is 0 Å². The fourth-order valence-electron chi connectivity index (χ4n) is 5.87. The maximum Gasteiger partial charge on any atom is 0.204 e. The van der Waals surface area contributed by atoms with Gasteiger partial charge in [0.05, 0.1) is 6.61 Å². The molecule has 0 saturated heterocycles. The highest BCUT2D eigenvalue weighted by atomic mass is 19.2. The summed E-state index contributed by atoms with van der Waals surface area (Å²) in [6.45, 7) is 0.812. The zero-order valence-corrected chi connectivity index (χ0v) is 18.6. The van der Waals surface area contributed by atoms with E-state index in [0.29, 0.717) is 19.1 Å². The average Bonchev–Trinajstić information content (AvgIpc) is 3.58. The first kappa shape index (κ1) is 21.3. The van der Waals surface area contributed by atoms with Crippen molar-refractivity contribution in [3.8, 4) is 11.5 Å². The topological polar surface area (TPSA) is 18.5 Å². The molecule has 2 nitrogen and oxygen atoms in total. The van der Waals surface area contributed by atoms with Crippen molar-refractivity contribution < 1.29 is 18.3 Å². The third kappa shape index (κ3) is 5.09. The van der Waals surface area contributed by atoms with Crippen LogP contribution in [0, 0.1) is 41.2 Å². The summed E-state index contributed by atoms with van der Waals surface area (Å²) in [5, 5.41) is 0. The van der Waals surface area contributed by atoms with Gasteiger partial charge in [0.25, 0.3) is 0 Å². The van der Waals surface area contributed by atoms with E-state index in [1.165, 1.54) is 69.1 Å². The lowest BCUT2D eigenvalue weighted by Gasteiger charge is -2.41. The van der Waals surface area contributed by atoms with Gasteiger partial charge in [-0.2, -0.15) is 8.78 Å². The van der Waals surface area contributed by atoms with E-state index in [9.17, 15) is 8.78 Å². The first-order chi connectivity index (χ1) is 15.2. The molecule has 0 bridgehead atoms. The summed E-state index contributed by atoms with van der Waals surface area (Å²) < 4.78 is 39.7. The third-order valence-corrected chi connectivity index (χ3v) is 8.44. The number of allylic oxidation sites excluding steroid dienone is 1. The van der Waals surface area contributed by atoms with Gasteiger partial charge in [-0.05, 0) is 105 Å². The monoisotopic (exact) mass is 430 g/mol. The summed E-state index contributed by atoms with van der Waals surface area (Å²) in [7, 11) is 0. The fraction of sp³-hybridized carbons (Fsp3) is 0.704. The Morgan fingerprint density at radius 2 is 1.32 bits per heavy atom. The number of hydrogen-bond donors (Lipinski definition) is 0. The van der Waals surface area contributed by atoms with Crippen LogP contribution in [0.5, 0.6) is 11.5 Å². The largest absolute Gasteiger partial charge is 0.490 e. The van der Waals surface area contributed by atoms with Crippen LogP contribution in [0.15, 0.2) is 23.8 Å². The number of ether oxygens (including phenoxy) is 2. The molecule has 31 heavy (non-hydrogen) atoms. The zero-order chi connectivity index (χ0) is 21.2. The van der Waals surface area contributed by atoms with Gasteiger partial charge in [-0.25, -0.2) is 0 Å². The minimum absolute atomic E-state index is 0.0106. The Kier molecular flexibility index (Phi) is 6.52. The van der Waals surface area contributed by atoms with E-state index in [2.05, 4.69) is 6.08 Å². The van der Waals surface area contributed by atoms with Gasteiger partial charge in [-0.15, -0.1) is 0 Å². The summed E-state index contributed by atoms with van der Waals surface area (Å²) >= 11 is 0. The summed E-state index contributed by atoms with van der Waals surface area (Å²) in [5.74, 6) is 2.32. The minimum Gasteiger partial charge on any atom is -0.490 e. The second kappa shape index (κ2) is 9.50. The van der Waals surface area contributed by atoms with Crippen LogP contribution >= 0.6 is 0 Å². The van der Waals surface area contributed by atoms with Crippen LogP contribution in [0.2, 0.25) is 0 Å². The molecule has 4 aliphatic rings. The van der Waals surface area contributed by atoms with E-state index >= 15 is 0 Å². The van der Waals surface area contributed by atoms with Gasteiger partial charge in [0.15, 0.2) is 11.5 Å². The molecule has 4 aliphatic carbocycles. The first-order valence-electron chi connectivity index (χ1n) is 12.6. The van der Waals surface area contributed by atoms with E-state index < -0.39 is 11.6 Å². The standard InChI is InChI=1S/C27H36F2O2/c28-26-24(30-16-18-4-5-18)14-15-25(27(26)29)31-17-19-6-8-21(9-7-19)23-12-10-22(11-13-23)20-2-1-3-20/h6,14-15,18,20-23H,1-5,7-13,16-17H2. The van der Waals surface area contributed by atoms with E-state index in [4.69, 9.17) is 9.47 Å². The van der Waals surface area contributed by atoms with Crippen LogP contribution in [0.25, 0.3) is 0 Å².